The number of aromatic nitrogens is 1. The minimum absolute atomic E-state index is 0.273. The molecule has 146 valence electrons. The molecule has 27 heavy (non-hydrogen) atoms. The summed E-state index contributed by atoms with van der Waals surface area (Å²) < 4.78 is 10.3. The van der Waals surface area contributed by atoms with E-state index in [1.807, 2.05) is 43.3 Å². The maximum absolute atomic E-state index is 12.6. The number of rotatable bonds is 7. The number of carbonyl (C=O) groups is 2. The van der Waals surface area contributed by atoms with Crippen LogP contribution in [-0.4, -0.2) is 35.3 Å². The van der Waals surface area contributed by atoms with Gasteiger partial charge in [0.1, 0.15) is 17.4 Å². The molecule has 2 N–H and O–H groups in total. The Morgan fingerprint density at radius 3 is 2.52 bits per heavy atom. The summed E-state index contributed by atoms with van der Waals surface area (Å²) in [5.74, 6) is 0.454. The molecule has 0 bridgehead atoms. The van der Waals surface area contributed by atoms with Crippen LogP contribution >= 0.6 is 0 Å². The third-order valence-corrected chi connectivity index (χ3v) is 3.65. The van der Waals surface area contributed by atoms with Gasteiger partial charge in [0, 0.05) is 25.5 Å². The number of carbonyl (C=O) groups excluding carboxylic acids is 2. The molecule has 2 rings (SSSR count). The molecular formula is C20H27N3O4. The highest BCUT2D eigenvalue weighted by Gasteiger charge is 2.24. The summed E-state index contributed by atoms with van der Waals surface area (Å²) >= 11 is 0. The van der Waals surface area contributed by atoms with Crippen molar-refractivity contribution in [3.05, 3.63) is 53.4 Å². The quantitative estimate of drug-likeness (QED) is 0.778. The Hall–Kier alpha value is -2.83. The predicted molar refractivity (Wildman–Crippen MR) is 101 cm³/mol. The van der Waals surface area contributed by atoms with E-state index >= 15 is 0 Å². The second-order valence-corrected chi connectivity index (χ2v) is 7.36. The fourth-order valence-corrected chi connectivity index (χ4v) is 2.48. The normalized spacial score (nSPS) is 12.3. The van der Waals surface area contributed by atoms with Gasteiger partial charge in [0.2, 0.25) is 5.91 Å². The van der Waals surface area contributed by atoms with Gasteiger partial charge in [-0.2, -0.15) is 0 Å². The summed E-state index contributed by atoms with van der Waals surface area (Å²) in [6, 6.07) is 10.6. The lowest BCUT2D eigenvalue weighted by atomic mass is 10.1. The number of hydrogen-bond acceptors (Lipinski definition) is 5. The van der Waals surface area contributed by atoms with Crippen molar-refractivity contribution in [2.24, 2.45) is 0 Å². The van der Waals surface area contributed by atoms with Crippen LogP contribution in [0.2, 0.25) is 0 Å². The minimum Gasteiger partial charge on any atom is -0.444 e. The van der Waals surface area contributed by atoms with Crippen LogP contribution in [-0.2, 0) is 22.4 Å². The molecule has 0 aliphatic carbocycles. The summed E-state index contributed by atoms with van der Waals surface area (Å²) in [4.78, 5) is 24.7. The second kappa shape index (κ2) is 9.21. The smallest absolute Gasteiger partial charge is 0.408 e. The Morgan fingerprint density at radius 1 is 1.22 bits per heavy atom. The zero-order valence-corrected chi connectivity index (χ0v) is 16.2. The Bertz CT molecular complexity index is 750. The zero-order valence-electron chi connectivity index (χ0n) is 16.2. The van der Waals surface area contributed by atoms with Gasteiger partial charge in [0.15, 0.2) is 0 Å². The van der Waals surface area contributed by atoms with Gasteiger partial charge in [-0.15, -0.1) is 0 Å². The Morgan fingerprint density at radius 2 is 1.93 bits per heavy atom. The van der Waals surface area contributed by atoms with Crippen LogP contribution in [0.15, 0.2) is 40.9 Å². The Labute approximate surface area is 159 Å². The molecule has 0 saturated heterocycles. The van der Waals surface area contributed by atoms with Gasteiger partial charge >= 0.3 is 6.09 Å². The average Bonchev–Trinajstić information content (AvgIpc) is 2.98. The number of hydrogen-bond donors (Lipinski definition) is 2. The van der Waals surface area contributed by atoms with E-state index < -0.39 is 17.7 Å². The van der Waals surface area contributed by atoms with Crippen LogP contribution in [0.25, 0.3) is 0 Å². The van der Waals surface area contributed by atoms with Crippen molar-refractivity contribution in [2.45, 2.75) is 52.2 Å². The summed E-state index contributed by atoms with van der Waals surface area (Å²) in [7, 11) is 0. The van der Waals surface area contributed by atoms with Crippen LogP contribution < -0.4 is 10.6 Å². The van der Waals surface area contributed by atoms with Crippen molar-refractivity contribution in [2.75, 3.05) is 6.54 Å². The van der Waals surface area contributed by atoms with E-state index in [2.05, 4.69) is 15.8 Å². The first-order valence-corrected chi connectivity index (χ1v) is 8.96. The van der Waals surface area contributed by atoms with Crippen LogP contribution in [0.1, 0.15) is 37.8 Å². The van der Waals surface area contributed by atoms with Crippen molar-refractivity contribution in [3.8, 4) is 0 Å². The van der Waals surface area contributed by atoms with Crippen molar-refractivity contribution in [1.29, 1.82) is 0 Å². The molecule has 1 atom stereocenters. The fraction of sp³-hybridized carbons (Fsp3) is 0.450. The largest absolute Gasteiger partial charge is 0.444 e. The van der Waals surface area contributed by atoms with Crippen molar-refractivity contribution >= 4 is 12.0 Å². The van der Waals surface area contributed by atoms with E-state index in [9.17, 15) is 9.59 Å². The van der Waals surface area contributed by atoms with Crippen LogP contribution in [0.3, 0.4) is 0 Å². The summed E-state index contributed by atoms with van der Waals surface area (Å²) in [5.41, 5.74) is 1.08. The third-order valence-electron chi connectivity index (χ3n) is 3.65. The summed E-state index contributed by atoms with van der Waals surface area (Å²) in [6.07, 6.45) is 0.299. The fourth-order valence-electron chi connectivity index (χ4n) is 2.48. The second-order valence-electron chi connectivity index (χ2n) is 7.36. The SMILES string of the molecule is Cc1cc(CCNC(=O)C(Cc2ccccc2)NC(=O)OC(C)(C)C)no1. The molecule has 2 amide bonds. The van der Waals surface area contributed by atoms with E-state index in [1.165, 1.54) is 0 Å². The Kier molecular flexibility index (Phi) is 6.98. The number of ether oxygens (including phenoxy) is 1. The lowest BCUT2D eigenvalue weighted by Gasteiger charge is -2.23. The molecule has 1 unspecified atom stereocenters. The first kappa shape index (κ1) is 20.5. The van der Waals surface area contributed by atoms with Crippen molar-refractivity contribution < 1.29 is 18.8 Å². The molecule has 0 spiro atoms. The molecule has 1 aromatic carbocycles. The minimum atomic E-state index is -0.735. The van der Waals surface area contributed by atoms with Crippen LogP contribution in [0.4, 0.5) is 4.79 Å². The topological polar surface area (TPSA) is 93.5 Å². The Balaban J connectivity index is 1.96. The number of alkyl carbamates (subject to hydrolysis) is 1. The summed E-state index contributed by atoms with van der Waals surface area (Å²) in [6.45, 7) is 7.54. The molecule has 7 heteroatoms. The van der Waals surface area contributed by atoms with Gasteiger partial charge in [-0.3, -0.25) is 4.79 Å². The van der Waals surface area contributed by atoms with E-state index in [0.29, 0.717) is 19.4 Å². The molecule has 1 aromatic heterocycles. The monoisotopic (exact) mass is 373 g/mol. The highest BCUT2D eigenvalue weighted by molar-refractivity contribution is 5.86. The van der Waals surface area contributed by atoms with E-state index in [-0.39, 0.29) is 5.91 Å². The van der Waals surface area contributed by atoms with Gasteiger partial charge in [0.05, 0.1) is 5.69 Å². The molecule has 0 aliphatic rings. The molecule has 7 nitrogen and oxygen atoms in total. The van der Waals surface area contributed by atoms with Gasteiger partial charge in [0.25, 0.3) is 0 Å². The number of nitrogens with zero attached hydrogens (tertiary/aromatic N) is 1. The van der Waals surface area contributed by atoms with E-state index in [4.69, 9.17) is 9.26 Å². The van der Waals surface area contributed by atoms with E-state index in [0.717, 1.165) is 17.0 Å². The first-order valence-electron chi connectivity index (χ1n) is 8.96. The van der Waals surface area contributed by atoms with Crippen molar-refractivity contribution in [1.82, 2.24) is 15.8 Å². The number of aryl methyl sites for hydroxylation is 1. The van der Waals surface area contributed by atoms with Gasteiger partial charge in [-0.1, -0.05) is 35.5 Å². The highest BCUT2D eigenvalue weighted by Crippen LogP contribution is 2.09. The zero-order chi connectivity index (χ0) is 19.9. The molecule has 1 heterocycles. The standard InChI is InChI=1S/C20H27N3O4/c1-14-12-16(23-27-14)10-11-21-18(24)17(13-15-8-6-5-7-9-15)22-19(25)26-20(2,3)4/h5-9,12,17H,10-11,13H2,1-4H3,(H,21,24)(H,22,25). The maximum atomic E-state index is 12.6. The molecule has 0 radical (unpaired) electrons. The lowest BCUT2D eigenvalue weighted by Crippen LogP contribution is -2.49. The molecule has 0 saturated carbocycles. The predicted octanol–water partition coefficient (Wildman–Crippen LogP) is 2.78. The van der Waals surface area contributed by atoms with Crippen molar-refractivity contribution in [3.63, 3.8) is 0 Å². The number of benzene rings is 1. The van der Waals surface area contributed by atoms with E-state index in [1.54, 1.807) is 20.8 Å². The van der Waals surface area contributed by atoms with Gasteiger partial charge < -0.3 is 19.9 Å². The molecular weight excluding hydrogens is 346 g/mol. The van der Waals surface area contributed by atoms with Crippen LogP contribution in [0, 0.1) is 6.92 Å². The van der Waals surface area contributed by atoms with Gasteiger partial charge in [-0.05, 0) is 33.3 Å². The summed E-state index contributed by atoms with van der Waals surface area (Å²) in [5, 5.41) is 9.40. The lowest BCUT2D eigenvalue weighted by molar-refractivity contribution is -0.123. The first-order chi connectivity index (χ1) is 12.7. The number of amides is 2. The molecule has 2 aromatic rings. The average molecular weight is 373 g/mol. The van der Waals surface area contributed by atoms with Crippen LogP contribution in [0.5, 0.6) is 0 Å². The third kappa shape index (κ3) is 7.52. The number of nitrogens with one attached hydrogen (secondary N) is 2. The highest BCUT2D eigenvalue weighted by atomic mass is 16.6. The molecule has 0 aliphatic heterocycles. The molecule has 0 fully saturated rings. The maximum Gasteiger partial charge on any atom is 0.408 e. The van der Waals surface area contributed by atoms with Gasteiger partial charge in [-0.25, -0.2) is 4.79 Å².